The summed E-state index contributed by atoms with van der Waals surface area (Å²) in [6.45, 7) is 10.3. The number of hydrogen-bond acceptors (Lipinski definition) is 4. The second-order valence-electron chi connectivity index (χ2n) is 8.47. The Kier molecular flexibility index (Phi) is 9.51. The Morgan fingerprint density at radius 2 is 2.00 bits per heavy atom. The van der Waals surface area contributed by atoms with Crippen LogP contribution in [0.1, 0.15) is 47.5 Å². The fourth-order valence-electron chi connectivity index (χ4n) is 2.93. The van der Waals surface area contributed by atoms with Gasteiger partial charge in [0.2, 0.25) is 0 Å². The van der Waals surface area contributed by atoms with Crippen molar-refractivity contribution in [3.05, 3.63) is 0 Å². The third-order valence-electron chi connectivity index (χ3n) is 4.52. The van der Waals surface area contributed by atoms with Crippen LogP contribution in [0.5, 0.6) is 0 Å². The number of halogens is 3. The van der Waals surface area contributed by atoms with Crippen molar-refractivity contribution in [1.82, 2.24) is 20.4 Å². The molecular formula is C19H36F3N5O2. The Bertz CT molecular complexity index is 549. The van der Waals surface area contributed by atoms with Gasteiger partial charge in [-0.3, -0.25) is 9.89 Å². The summed E-state index contributed by atoms with van der Waals surface area (Å²) in [5.41, 5.74) is -0.549. The monoisotopic (exact) mass is 423 g/mol. The van der Waals surface area contributed by atoms with Crippen LogP contribution >= 0.6 is 0 Å². The number of ether oxygens (including phenoxy) is 1. The molecule has 0 aromatic carbocycles. The normalized spacial score (nSPS) is 19.8. The Morgan fingerprint density at radius 1 is 1.34 bits per heavy atom. The average molecular weight is 424 g/mol. The summed E-state index contributed by atoms with van der Waals surface area (Å²) >= 11 is 0. The van der Waals surface area contributed by atoms with Crippen molar-refractivity contribution in [3.63, 3.8) is 0 Å². The molecule has 2 N–H and O–H groups in total. The minimum Gasteiger partial charge on any atom is -0.444 e. The van der Waals surface area contributed by atoms with Crippen LogP contribution < -0.4 is 10.6 Å². The van der Waals surface area contributed by atoms with Gasteiger partial charge in [-0.25, -0.2) is 4.79 Å². The molecule has 1 heterocycles. The lowest BCUT2D eigenvalue weighted by molar-refractivity contribution is -0.143. The molecule has 0 spiro atoms. The number of nitrogens with one attached hydrogen (secondary N) is 2. The number of hydrogen-bond donors (Lipinski definition) is 2. The summed E-state index contributed by atoms with van der Waals surface area (Å²) in [7, 11) is 1.69. The van der Waals surface area contributed by atoms with E-state index in [9.17, 15) is 18.0 Å². The maximum Gasteiger partial charge on any atom is 0.410 e. The predicted octanol–water partition coefficient (Wildman–Crippen LogP) is 2.82. The highest BCUT2D eigenvalue weighted by Gasteiger charge is 2.34. The molecule has 1 fully saturated rings. The number of nitrogens with zero attached hydrogens (tertiary/aromatic N) is 3. The number of carbonyl (C=O) groups excluding carboxylic acids is 1. The van der Waals surface area contributed by atoms with E-state index in [-0.39, 0.29) is 18.2 Å². The van der Waals surface area contributed by atoms with Gasteiger partial charge in [-0.1, -0.05) is 0 Å². The van der Waals surface area contributed by atoms with Crippen LogP contribution in [0.3, 0.4) is 0 Å². The van der Waals surface area contributed by atoms with Gasteiger partial charge in [0.05, 0.1) is 6.54 Å². The quantitative estimate of drug-likeness (QED) is 0.487. The van der Waals surface area contributed by atoms with E-state index in [1.54, 1.807) is 11.9 Å². The summed E-state index contributed by atoms with van der Waals surface area (Å²) in [5, 5.41) is 6.34. The van der Waals surface area contributed by atoms with Gasteiger partial charge in [-0.2, -0.15) is 13.2 Å². The number of rotatable bonds is 7. The van der Waals surface area contributed by atoms with Gasteiger partial charge in [0.25, 0.3) is 0 Å². The van der Waals surface area contributed by atoms with E-state index in [2.05, 4.69) is 15.6 Å². The van der Waals surface area contributed by atoms with Crippen LogP contribution in [0.4, 0.5) is 18.0 Å². The van der Waals surface area contributed by atoms with Crippen molar-refractivity contribution >= 4 is 12.1 Å². The number of aliphatic imine (C=N–C) groups is 1. The third-order valence-corrected chi connectivity index (χ3v) is 4.52. The van der Waals surface area contributed by atoms with Gasteiger partial charge >= 0.3 is 12.3 Å². The molecule has 2 atom stereocenters. The first kappa shape index (κ1) is 25.3. The summed E-state index contributed by atoms with van der Waals surface area (Å²) in [5.74, 6) is 0.582. The molecule has 0 aromatic heterocycles. The smallest absolute Gasteiger partial charge is 0.410 e. The highest BCUT2D eigenvalue weighted by Crippen LogP contribution is 2.20. The molecule has 1 saturated heterocycles. The molecule has 1 aliphatic heterocycles. The third kappa shape index (κ3) is 10.6. The lowest BCUT2D eigenvalue weighted by Gasteiger charge is -2.28. The minimum absolute atomic E-state index is 0.0646. The van der Waals surface area contributed by atoms with Gasteiger partial charge < -0.3 is 20.3 Å². The van der Waals surface area contributed by atoms with E-state index in [1.807, 2.05) is 34.6 Å². The summed E-state index contributed by atoms with van der Waals surface area (Å²) in [4.78, 5) is 19.6. The van der Waals surface area contributed by atoms with Gasteiger partial charge in [0.15, 0.2) is 5.96 Å². The maximum absolute atomic E-state index is 12.5. The zero-order valence-electron chi connectivity index (χ0n) is 18.4. The van der Waals surface area contributed by atoms with Gasteiger partial charge in [-0.15, -0.1) is 0 Å². The van der Waals surface area contributed by atoms with Crippen LogP contribution in [0.15, 0.2) is 4.99 Å². The molecule has 10 heteroatoms. The fraction of sp³-hybridized carbons (Fsp3) is 0.895. The number of carbonyl (C=O) groups is 1. The van der Waals surface area contributed by atoms with E-state index in [4.69, 9.17) is 4.74 Å². The molecule has 2 unspecified atom stereocenters. The SMILES string of the molecule is CCNC(=NCCC(C)N(C)C(=O)OC(C)(C)C)NC1CCN(CC(F)(F)F)C1. The zero-order chi connectivity index (χ0) is 22.2. The van der Waals surface area contributed by atoms with Crippen LogP contribution in [-0.4, -0.2) is 85.5 Å². The van der Waals surface area contributed by atoms with Crippen molar-refractivity contribution in [1.29, 1.82) is 0 Å². The lowest BCUT2D eigenvalue weighted by atomic mass is 10.2. The van der Waals surface area contributed by atoms with Crippen LogP contribution in [-0.2, 0) is 4.74 Å². The Balaban J connectivity index is 2.50. The van der Waals surface area contributed by atoms with Crippen molar-refractivity contribution in [2.45, 2.75) is 71.3 Å². The van der Waals surface area contributed by atoms with Gasteiger partial charge in [0.1, 0.15) is 5.60 Å². The summed E-state index contributed by atoms with van der Waals surface area (Å²) in [6, 6.07) is -0.137. The molecule has 170 valence electrons. The molecule has 1 aliphatic rings. The zero-order valence-corrected chi connectivity index (χ0v) is 18.4. The van der Waals surface area contributed by atoms with Crippen LogP contribution in [0.25, 0.3) is 0 Å². The summed E-state index contributed by atoms with van der Waals surface area (Å²) in [6.07, 6.45) is -3.28. The Morgan fingerprint density at radius 3 is 2.55 bits per heavy atom. The first-order valence-corrected chi connectivity index (χ1v) is 10.1. The molecule has 1 amide bonds. The molecule has 0 radical (unpaired) electrons. The topological polar surface area (TPSA) is 69.2 Å². The van der Waals surface area contributed by atoms with Crippen molar-refractivity contribution < 1.29 is 22.7 Å². The van der Waals surface area contributed by atoms with Crippen LogP contribution in [0.2, 0.25) is 0 Å². The van der Waals surface area contributed by atoms with E-state index < -0.39 is 18.3 Å². The minimum atomic E-state index is -4.18. The van der Waals surface area contributed by atoms with Crippen molar-refractivity contribution in [3.8, 4) is 0 Å². The van der Waals surface area contributed by atoms with Gasteiger partial charge in [-0.05, 0) is 47.5 Å². The molecular weight excluding hydrogens is 387 g/mol. The largest absolute Gasteiger partial charge is 0.444 e. The van der Waals surface area contributed by atoms with Crippen molar-refractivity contribution in [2.75, 3.05) is 39.8 Å². The summed E-state index contributed by atoms with van der Waals surface area (Å²) < 4.78 is 43.0. The number of guanidine groups is 1. The second-order valence-corrected chi connectivity index (χ2v) is 8.47. The molecule has 0 aliphatic carbocycles. The first-order chi connectivity index (χ1) is 13.3. The highest BCUT2D eigenvalue weighted by molar-refractivity contribution is 5.80. The molecule has 7 nitrogen and oxygen atoms in total. The van der Waals surface area contributed by atoms with E-state index >= 15 is 0 Å². The average Bonchev–Trinajstić information content (AvgIpc) is 2.97. The maximum atomic E-state index is 12.5. The van der Waals surface area contributed by atoms with E-state index in [0.29, 0.717) is 45.0 Å². The molecule has 29 heavy (non-hydrogen) atoms. The van der Waals surface area contributed by atoms with E-state index in [0.717, 1.165) is 0 Å². The number of alkyl halides is 3. The Hall–Kier alpha value is -1.71. The lowest BCUT2D eigenvalue weighted by Crippen LogP contribution is -2.45. The molecule has 0 aromatic rings. The molecule has 0 bridgehead atoms. The van der Waals surface area contributed by atoms with Crippen molar-refractivity contribution in [2.24, 2.45) is 4.99 Å². The highest BCUT2D eigenvalue weighted by atomic mass is 19.4. The number of amides is 1. The Labute approximate surface area is 172 Å². The van der Waals surface area contributed by atoms with Gasteiger partial charge in [0, 0.05) is 45.3 Å². The number of likely N-dealkylation sites (tertiary alicyclic amines) is 1. The predicted molar refractivity (Wildman–Crippen MR) is 108 cm³/mol. The van der Waals surface area contributed by atoms with Crippen LogP contribution in [0, 0.1) is 0 Å². The standard InChI is InChI=1S/C19H36F3N5O2/c1-7-23-16(25-15-9-11-27(12-15)13-19(20,21)22)24-10-8-14(2)26(6)17(28)29-18(3,4)5/h14-15H,7-13H2,1-6H3,(H2,23,24,25). The van der Waals surface area contributed by atoms with E-state index in [1.165, 1.54) is 4.90 Å². The molecule has 1 rings (SSSR count). The fourth-order valence-corrected chi connectivity index (χ4v) is 2.93. The molecule has 0 saturated carbocycles. The second kappa shape index (κ2) is 10.9. The first-order valence-electron chi connectivity index (χ1n) is 10.1.